The number of halogens is 1. The Hall–Kier alpha value is -3.75. The number of nitrogens with zero attached hydrogens (tertiary/aromatic N) is 4. The van der Waals surface area contributed by atoms with Gasteiger partial charge in [0, 0.05) is 22.1 Å². The minimum absolute atomic E-state index is 0.155. The maximum atomic E-state index is 12.7. The van der Waals surface area contributed by atoms with Crippen molar-refractivity contribution in [1.29, 1.82) is 0 Å². The summed E-state index contributed by atoms with van der Waals surface area (Å²) < 4.78 is 2.97. The van der Waals surface area contributed by atoms with Gasteiger partial charge in [0.05, 0.1) is 12.0 Å². The van der Waals surface area contributed by atoms with Crippen LogP contribution in [0.4, 0.5) is 0 Å². The summed E-state index contributed by atoms with van der Waals surface area (Å²) in [5, 5.41) is 18.1. The summed E-state index contributed by atoms with van der Waals surface area (Å²) in [7, 11) is 0. The topological polar surface area (TPSA) is 72.2 Å². The molecule has 1 amide bonds. The van der Waals surface area contributed by atoms with E-state index in [-0.39, 0.29) is 11.7 Å². The third-order valence-corrected chi connectivity index (χ3v) is 7.27. The molecule has 0 aliphatic heterocycles. The van der Waals surface area contributed by atoms with Gasteiger partial charge in [-0.25, -0.2) is 5.43 Å². The average molecular weight is 571 g/mol. The summed E-state index contributed by atoms with van der Waals surface area (Å²) >= 11 is 4.79. The molecule has 6 nitrogen and oxygen atoms in total. The van der Waals surface area contributed by atoms with Gasteiger partial charge in [-0.2, -0.15) is 5.10 Å². The van der Waals surface area contributed by atoms with E-state index in [1.54, 1.807) is 6.21 Å². The molecule has 1 aromatic heterocycles. The fraction of sp³-hybridized carbons (Fsp3) is 0.103. The summed E-state index contributed by atoms with van der Waals surface area (Å²) in [6, 6.07) is 26.4. The number of benzene rings is 4. The molecular formula is C29H24BrN5OS. The van der Waals surface area contributed by atoms with Gasteiger partial charge in [0.1, 0.15) is 0 Å². The Kier molecular flexibility index (Phi) is 7.48. The van der Waals surface area contributed by atoms with Gasteiger partial charge >= 0.3 is 0 Å². The molecule has 1 heterocycles. The molecule has 0 spiro atoms. The first-order valence-electron chi connectivity index (χ1n) is 11.7. The van der Waals surface area contributed by atoms with Gasteiger partial charge in [-0.05, 0) is 46.7 Å². The number of aromatic nitrogens is 3. The molecule has 184 valence electrons. The smallest absolute Gasteiger partial charge is 0.250 e. The van der Waals surface area contributed by atoms with Crippen LogP contribution in [-0.4, -0.2) is 32.6 Å². The van der Waals surface area contributed by atoms with Crippen LogP contribution in [-0.2, 0) is 11.3 Å². The van der Waals surface area contributed by atoms with E-state index in [1.807, 2.05) is 60.0 Å². The Bertz CT molecular complexity index is 1590. The molecule has 1 N–H and O–H groups in total. The van der Waals surface area contributed by atoms with Crippen LogP contribution in [0.3, 0.4) is 0 Å². The first-order chi connectivity index (χ1) is 18.0. The number of hydrazone groups is 1. The number of hydrogen-bond acceptors (Lipinski definition) is 5. The largest absolute Gasteiger partial charge is 0.298 e. The zero-order valence-electron chi connectivity index (χ0n) is 20.2. The number of carbonyl (C=O) groups excluding carboxylic acids is 1. The average Bonchev–Trinajstić information content (AvgIpc) is 3.29. The highest BCUT2D eigenvalue weighted by atomic mass is 79.9. The van der Waals surface area contributed by atoms with E-state index < -0.39 is 0 Å². The molecule has 4 aromatic carbocycles. The highest BCUT2D eigenvalue weighted by Gasteiger charge is 2.16. The van der Waals surface area contributed by atoms with Crippen molar-refractivity contribution in [1.82, 2.24) is 20.2 Å². The highest BCUT2D eigenvalue weighted by molar-refractivity contribution is 9.10. The van der Waals surface area contributed by atoms with E-state index >= 15 is 0 Å². The molecule has 0 aliphatic rings. The number of thioether (sulfide) groups is 1. The van der Waals surface area contributed by atoms with Crippen LogP contribution in [0.2, 0.25) is 0 Å². The van der Waals surface area contributed by atoms with Crippen molar-refractivity contribution in [2.24, 2.45) is 5.10 Å². The second kappa shape index (κ2) is 11.1. The molecule has 0 saturated heterocycles. The second-order valence-corrected chi connectivity index (χ2v) is 10.5. The molecule has 0 radical (unpaired) electrons. The Labute approximate surface area is 227 Å². The highest BCUT2D eigenvalue weighted by Crippen LogP contribution is 2.28. The lowest BCUT2D eigenvalue weighted by Crippen LogP contribution is -2.20. The molecule has 0 bridgehead atoms. The van der Waals surface area contributed by atoms with Crippen molar-refractivity contribution >= 4 is 61.4 Å². The second-order valence-electron chi connectivity index (χ2n) is 8.67. The van der Waals surface area contributed by atoms with Crippen LogP contribution in [0.5, 0.6) is 0 Å². The molecule has 5 aromatic rings. The fourth-order valence-corrected chi connectivity index (χ4v) is 5.13. The summed E-state index contributed by atoms with van der Waals surface area (Å²) in [6.07, 6.45) is 1.72. The zero-order valence-corrected chi connectivity index (χ0v) is 22.6. The first kappa shape index (κ1) is 24.9. The van der Waals surface area contributed by atoms with Crippen molar-refractivity contribution in [2.75, 3.05) is 5.75 Å². The Balaban J connectivity index is 1.32. The molecule has 5 rings (SSSR count). The van der Waals surface area contributed by atoms with Crippen molar-refractivity contribution in [3.05, 3.63) is 101 Å². The van der Waals surface area contributed by atoms with Crippen LogP contribution in [0.1, 0.15) is 12.5 Å². The van der Waals surface area contributed by atoms with E-state index in [4.69, 9.17) is 0 Å². The predicted octanol–water partition coefficient (Wildman–Crippen LogP) is 6.83. The zero-order chi connectivity index (χ0) is 25.8. The van der Waals surface area contributed by atoms with Crippen LogP contribution >= 0.6 is 27.7 Å². The number of hydrogen-bond donors (Lipinski definition) is 1. The Morgan fingerprint density at radius 3 is 2.32 bits per heavy atom. The summed E-state index contributed by atoms with van der Waals surface area (Å²) in [5.41, 5.74) is 5.55. The van der Waals surface area contributed by atoms with Crippen molar-refractivity contribution in [3.8, 4) is 11.4 Å². The normalized spacial score (nSPS) is 11.4. The number of fused-ring (bicyclic) bond motifs is 2. The van der Waals surface area contributed by atoms with E-state index in [9.17, 15) is 4.79 Å². The lowest BCUT2D eigenvalue weighted by Gasteiger charge is -2.10. The van der Waals surface area contributed by atoms with Crippen molar-refractivity contribution < 1.29 is 4.79 Å². The minimum atomic E-state index is -0.221. The van der Waals surface area contributed by atoms with Gasteiger partial charge in [0.25, 0.3) is 5.91 Å². The molecule has 0 aliphatic carbocycles. The quantitative estimate of drug-likeness (QED) is 0.0730. The molecule has 8 heteroatoms. The molecule has 0 saturated carbocycles. The lowest BCUT2D eigenvalue weighted by molar-refractivity contribution is -0.118. The van der Waals surface area contributed by atoms with Gasteiger partial charge in [-0.3, -0.25) is 9.36 Å². The standard InChI is InChI=1S/C29H24BrN5OS/c1-19(2)17-35-28(20-11-13-23(30)14-12-20)33-34-29(35)37-18-27(36)32-31-16-26-24-9-5-3-7-21(24)15-22-8-4-6-10-25(22)26/h3-16H,1,17-18H2,2H3,(H,32,36). The SMILES string of the molecule is C=C(C)Cn1c(SCC(=O)NN=Cc2c3ccccc3cc3ccccc23)nnc1-c1ccc(Br)cc1. The Morgan fingerprint density at radius 1 is 1.03 bits per heavy atom. The Morgan fingerprint density at radius 2 is 1.68 bits per heavy atom. The van der Waals surface area contributed by atoms with E-state index in [0.29, 0.717) is 11.7 Å². The van der Waals surface area contributed by atoms with E-state index in [2.05, 4.69) is 73.6 Å². The summed E-state index contributed by atoms with van der Waals surface area (Å²) in [5.74, 6) is 0.669. The van der Waals surface area contributed by atoms with Crippen molar-refractivity contribution in [2.45, 2.75) is 18.6 Å². The third-order valence-electron chi connectivity index (χ3n) is 5.78. The van der Waals surface area contributed by atoms with Gasteiger partial charge in [0.15, 0.2) is 11.0 Å². The molecule has 0 atom stereocenters. The van der Waals surface area contributed by atoms with Crippen LogP contribution < -0.4 is 5.43 Å². The lowest BCUT2D eigenvalue weighted by atomic mass is 9.97. The van der Waals surface area contributed by atoms with Crippen molar-refractivity contribution in [3.63, 3.8) is 0 Å². The fourth-order valence-electron chi connectivity index (χ4n) is 4.14. The van der Waals surface area contributed by atoms with Gasteiger partial charge in [-0.15, -0.1) is 10.2 Å². The monoisotopic (exact) mass is 569 g/mol. The van der Waals surface area contributed by atoms with Gasteiger partial charge in [0.2, 0.25) is 0 Å². The summed E-state index contributed by atoms with van der Waals surface area (Å²) in [4.78, 5) is 12.7. The number of allylic oxidation sites excluding steroid dienone is 1. The maximum Gasteiger partial charge on any atom is 0.250 e. The van der Waals surface area contributed by atoms with Gasteiger partial charge < -0.3 is 0 Å². The number of rotatable bonds is 8. The molecule has 37 heavy (non-hydrogen) atoms. The first-order valence-corrected chi connectivity index (χ1v) is 13.5. The van der Waals surface area contributed by atoms with Gasteiger partial charge in [-0.1, -0.05) is 101 Å². The third kappa shape index (κ3) is 5.65. The van der Waals surface area contributed by atoms with Crippen LogP contribution in [0, 0.1) is 0 Å². The molecule has 0 unspecified atom stereocenters. The van der Waals surface area contributed by atoms with E-state index in [0.717, 1.165) is 48.5 Å². The maximum absolute atomic E-state index is 12.7. The molecule has 0 fully saturated rings. The number of carbonyl (C=O) groups is 1. The predicted molar refractivity (Wildman–Crippen MR) is 156 cm³/mol. The van der Waals surface area contributed by atoms with Crippen LogP contribution in [0.25, 0.3) is 32.9 Å². The number of amides is 1. The molecular weight excluding hydrogens is 546 g/mol. The van der Waals surface area contributed by atoms with Crippen LogP contribution in [0.15, 0.2) is 106 Å². The number of nitrogens with one attached hydrogen (secondary N) is 1. The summed E-state index contributed by atoms with van der Waals surface area (Å²) in [6.45, 7) is 6.56. The van der Waals surface area contributed by atoms with E-state index in [1.165, 1.54) is 11.8 Å². The minimum Gasteiger partial charge on any atom is -0.298 e.